The second kappa shape index (κ2) is 4.81. The molecule has 4 heteroatoms. The van der Waals surface area contributed by atoms with E-state index in [4.69, 9.17) is 6.42 Å². The lowest BCUT2D eigenvalue weighted by Gasteiger charge is -2.20. The Morgan fingerprint density at radius 2 is 1.86 bits per heavy atom. The molecule has 0 aliphatic heterocycles. The van der Waals surface area contributed by atoms with Gasteiger partial charge in [0.05, 0.1) is 12.3 Å². The lowest BCUT2D eigenvalue weighted by Crippen LogP contribution is -2.31. The van der Waals surface area contributed by atoms with Gasteiger partial charge in [0.25, 0.3) is 0 Å². The summed E-state index contributed by atoms with van der Waals surface area (Å²) in [4.78, 5) is 0. The first-order valence-electron chi connectivity index (χ1n) is 4.56. The van der Waals surface area contributed by atoms with Gasteiger partial charge in [-0.15, -0.1) is 6.42 Å². The standard InChI is InChI=1S/C10H19NO2S/c1-6-8-11(5)14(12,13)9-7-10(2,3)4/h1H,7-9H2,2-5H3. The molecular formula is C10H19NO2S. The van der Waals surface area contributed by atoms with Gasteiger partial charge in [0.2, 0.25) is 10.0 Å². The van der Waals surface area contributed by atoms with Crippen molar-refractivity contribution in [1.29, 1.82) is 0 Å². The van der Waals surface area contributed by atoms with Crippen LogP contribution in [0.1, 0.15) is 27.2 Å². The second-order valence-corrected chi connectivity index (χ2v) is 6.78. The summed E-state index contributed by atoms with van der Waals surface area (Å²) in [6, 6.07) is 0. The van der Waals surface area contributed by atoms with E-state index in [-0.39, 0.29) is 17.7 Å². The largest absolute Gasteiger partial charge is 0.214 e. The summed E-state index contributed by atoms with van der Waals surface area (Å²) in [5, 5.41) is 0. The highest BCUT2D eigenvalue weighted by molar-refractivity contribution is 7.89. The molecule has 0 aliphatic rings. The van der Waals surface area contributed by atoms with Crippen LogP contribution in [-0.4, -0.2) is 32.1 Å². The van der Waals surface area contributed by atoms with Gasteiger partial charge in [-0.2, -0.15) is 4.31 Å². The van der Waals surface area contributed by atoms with Crippen LogP contribution >= 0.6 is 0 Å². The SMILES string of the molecule is C#CCN(C)S(=O)(=O)CCC(C)(C)C. The number of terminal acetylenes is 1. The van der Waals surface area contributed by atoms with Crippen LogP contribution in [0.25, 0.3) is 0 Å². The van der Waals surface area contributed by atoms with E-state index in [2.05, 4.69) is 5.92 Å². The summed E-state index contributed by atoms with van der Waals surface area (Å²) < 4.78 is 24.4. The molecule has 0 amide bonds. The maximum Gasteiger partial charge on any atom is 0.214 e. The van der Waals surface area contributed by atoms with E-state index >= 15 is 0 Å². The molecule has 0 aromatic carbocycles. The zero-order valence-electron chi connectivity index (χ0n) is 9.37. The zero-order chi connectivity index (χ0) is 11.4. The number of hydrogen-bond acceptors (Lipinski definition) is 2. The number of sulfonamides is 1. The minimum Gasteiger partial charge on any atom is -0.212 e. The Labute approximate surface area is 87.5 Å². The van der Waals surface area contributed by atoms with Crippen LogP contribution in [0.4, 0.5) is 0 Å². The second-order valence-electron chi connectivity index (χ2n) is 4.59. The minimum atomic E-state index is -3.16. The van der Waals surface area contributed by atoms with Gasteiger partial charge in [0, 0.05) is 7.05 Å². The molecule has 3 nitrogen and oxygen atoms in total. The number of rotatable bonds is 4. The average molecular weight is 217 g/mol. The molecule has 0 aliphatic carbocycles. The van der Waals surface area contributed by atoms with Crippen molar-refractivity contribution in [2.75, 3.05) is 19.3 Å². The van der Waals surface area contributed by atoms with Crippen LogP contribution in [0.3, 0.4) is 0 Å². The Morgan fingerprint density at radius 3 is 2.21 bits per heavy atom. The monoisotopic (exact) mass is 217 g/mol. The molecule has 0 aromatic heterocycles. The van der Waals surface area contributed by atoms with E-state index in [0.29, 0.717) is 6.42 Å². The average Bonchev–Trinajstić information content (AvgIpc) is 2.00. The predicted molar refractivity (Wildman–Crippen MR) is 59.3 cm³/mol. The van der Waals surface area contributed by atoms with Gasteiger partial charge in [0.1, 0.15) is 0 Å². The lowest BCUT2D eigenvalue weighted by molar-refractivity contribution is 0.391. The van der Waals surface area contributed by atoms with Gasteiger partial charge in [-0.3, -0.25) is 0 Å². The topological polar surface area (TPSA) is 37.4 Å². The van der Waals surface area contributed by atoms with Crippen LogP contribution in [0.2, 0.25) is 0 Å². The summed E-state index contributed by atoms with van der Waals surface area (Å²) in [6.07, 6.45) is 5.70. The van der Waals surface area contributed by atoms with Gasteiger partial charge >= 0.3 is 0 Å². The molecule has 0 N–H and O–H groups in total. The molecule has 0 rings (SSSR count). The normalized spacial score (nSPS) is 12.9. The number of hydrogen-bond donors (Lipinski definition) is 0. The molecule has 82 valence electrons. The highest BCUT2D eigenvalue weighted by atomic mass is 32.2. The van der Waals surface area contributed by atoms with Crippen LogP contribution in [0.15, 0.2) is 0 Å². The maximum absolute atomic E-state index is 11.6. The third-order valence-corrected chi connectivity index (χ3v) is 3.70. The van der Waals surface area contributed by atoms with E-state index in [0.717, 1.165) is 0 Å². The molecule has 14 heavy (non-hydrogen) atoms. The van der Waals surface area contributed by atoms with Crippen LogP contribution in [0, 0.1) is 17.8 Å². The predicted octanol–water partition coefficient (Wildman–Crippen LogP) is 1.32. The fourth-order valence-corrected chi connectivity index (χ4v) is 2.27. The van der Waals surface area contributed by atoms with Crippen molar-refractivity contribution in [3.63, 3.8) is 0 Å². The molecule has 0 unspecified atom stereocenters. The van der Waals surface area contributed by atoms with Crippen LogP contribution in [0.5, 0.6) is 0 Å². The van der Waals surface area contributed by atoms with Crippen molar-refractivity contribution >= 4 is 10.0 Å². The molecule has 0 radical (unpaired) electrons. The minimum absolute atomic E-state index is 0.0318. The van der Waals surface area contributed by atoms with Crippen molar-refractivity contribution in [3.05, 3.63) is 0 Å². The van der Waals surface area contributed by atoms with Gasteiger partial charge in [-0.05, 0) is 11.8 Å². The molecule has 0 saturated carbocycles. The van der Waals surface area contributed by atoms with Gasteiger partial charge in [-0.1, -0.05) is 26.7 Å². The highest BCUT2D eigenvalue weighted by Gasteiger charge is 2.20. The first-order valence-corrected chi connectivity index (χ1v) is 6.17. The first-order chi connectivity index (χ1) is 6.19. The van der Waals surface area contributed by atoms with Crippen LogP contribution < -0.4 is 0 Å². The molecule has 0 spiro atoms. The van der Waals surface area contributed by atoms with Crippen molar-refractivity contribution in [2.45, 2.75) is 27.2 Å². The Hall–Kier alpha value is -0.530. The Morgan fingerprint density at radius 1 is 1.36 bits per heavy atom. The molecule has 0 atom stereocenters. The number of nitrogens with zero attached hydrogens (tertiary/aromatic N) is 1. The zero-order valence-corrected chi connectivity index (χ0v) is 10.2. The van der Waals surface area contributed by atoms with Crippen molar-refractivity contribution in [3.8, 4) is 12.3 Å². The summed E-state index contributed by atoms with van der Waals surface area (Å²) in [5.41, 5.74) is 0.0318. The van der Waals surface area contributed by atoms with Gasteiger partial charge in [-0.25, -0.2) is 8.42 Å². The maximum atomic E-state index is 11.6. The van der Waals surface area contributed by atoms with Crippen molar-refractivity contribution < 1.29 is 8.42 Å². The summed E-state index contributed by atoms with van der Waals surface area (Å²) in [6.45, 7) is 6.20. The molecule has 0 fully saturated rings. The molecule has 0 bridgehead atoms. The molecule has 0 saturated heterocycles. The van der Waals surface area contributed by atoms with E-state index in [1.807, 2.05) is 20.8 Å². The molecule has 0 heterocycles. The highest BCUT2D eigenvalue weighted by Crippen LogP contribution is 2.19. The van der Waals surface area contributed by atoms with Gasteiger partial charge in [0.15, 0.2) is 0 Å². The molecule has 0 aromatic rings. The fourth-order valence-electron chi connectivity index (χ4n) is 0.818. The van der Waals surface area contributed by atoms with Crippen LogP contribution in [-0.2, 0) is 10.0 Å². The molecular weight excluding hydrogens is 198 g/mol. The van der Waals surface area contributed by atoms with E-state index < -0.39 is 10.0 Å². The summed E-state index contributed by atoms with van der Waals surface area (Å²) >= 11 is 0. The third-order valence-electron chi connectivity index (χ3n) is 1.90. The lowest BCUT2D eigenvalue weighted by atomic mass is 9.94. The van der Waals surface area contributed by atoms with Crippen molar-refractivity contribution in [2.24, 2.45) is 5.41 Å². The van der Waals surface area contributed by atoms with Gasteiger partial charge < -0.3 is 0 Å². The third kappa shape index (κ3) is 5.25. The van der Waals surface area contributed by atoms with E-state index in [1.165, 1.54) is 11.4 Å². The first kappa shape index (κ1) is 13.5. The van der Waals surface area contributed by atoms with E-state index in [9.17, 15) is 8.42 Å². The fraction of sp³-hybridized carbons (Fsp3) is 0.800. The summed E-state index contributed by atoms with van der Waals surface area (Å²) in [7, 11) is -1.65. The Kier molecular flexibility index (Phi) is 4.63. The Bertz CT molecular complexity index is 306. The van der Waals surface area contributed by atoms with E-state index in [1.54, 1.807) is 0 Å². The smallest absolute Gasteiger partial charge is 0.212 e. The summed E-state index contributed by atoms with van der Waals surface area (Å²) in [5.74, 6) is 2.48. The van der Waals surface area contributed by atoms with Crippen molar-refractivity contribution in [1.82, 2.24) is 4.31 Å². The Balaban J connectivity index is 4.31. The quantitative estimate of drug-likeness (QED) is 0.666.